The molecule has 2 saturated heterocycles. The second-order valence-corrected chi connectivity index (χ2v) is 8.11. The van der Waals surface area contributed by atoms with E-state index in [-0.39, 0.29) is 12.1 Å². The summed E-state index contributed by atoms with van der Waals surface area (Å²) in [6.07, 6.45) is 3.08. The fraction of sp³-hybridized carbons (Fsp3) is 0.706. The van der Waals surface area contributed by atoms with E-state index in [2.05, 4.69) is 27.7 Å². The maximum atomic E-state index is 14.2. The molecule has 8 heteroatoms. The van der Waals surface area contributed by atoms with Crippen molar-refractivity contribution in [3.63, 3.8) is 0 Å². The van der Waals surface area contributed by atoms with E-state index in [4.69, 9.17) is 14.7 Å². The molecule has 4 rings (SSSR count). The fourth-order valence-electron chi connectivity index (χ4n) is 3.62. The quantitative estimate of drug-likeness (QED) is 0.643. The Kier molecular flexibility index (Phi) is 4.83. The van der Waals surface area contributed by atoms with E-state index in [9.17, 15) is 4.39 Å². The van der Waals surface area contributed by atoms with E-state index in [1.165, 1.54) is 0 Å². The molecule has 0 amide bonds. The molecule has 0 radical (unpaired) electrons. The molecule has 0 spiro atoms. The number of nitrogens with zero attached hydrogens (tertiary/aromatic N) is 5. The average molecular weight is 459 g/mol. The van der Waals surface area contributed by atoms with Crippen molar-refractivity contribution < 1.29 is 9.13 Å². The van der Waals surface area contributed by atoms with E-state index in [1.54, 1.807) is 0 Å². The SMILES string of the molecule is Cc1nc2c(I)nn(C3CCCCO3)c2nc1N1CC[C@H](C)[C@H](F)C1. The molecule has 0 saturated carbocycles. The molecule has 3 atom stereocenters. The average Bonchev–Trinajstić information content (AvgIpc) is 2.93. The zero-order chi connectivity index (χ0) is 17.6. The van der Waals surface area contributed by atoms with Crippen LogP contribution in [0.25, 0.3) is 11.2 Å². The van der Waals surface area contributed by atoms with Gasteiger partial charge >= 0.3 is 0 Å². The van der Waals surface area contributed by atoms with Crippen LogP contribution in [-0.4, -0.2) is 45.6 Å². The Bertz CT molecular complexity index is 776. The smallest absolute Gasteiger partial charge is 0.182 e. The lowest BCUT2D eigenvalue weighted by Crippen LogP contribution is -2.41. The number of piperidine rings is 1. The summed E-state index contributed by atoms with van der Waals surface area (Å²) in [6, 6.07) is 0. The van der Waals surface area contributed by atoms with E-state index in [1.807, 2.05) is 23.4 Å². The summed E-state index contributed by atoms with van der Waals surface area (Å²) in [4.78, 5) is 11.6. The lowest BCUT2D eigenvalue weighted by Gasteiger charge is -2.34. The van der Waals surface area contributed by atoms with Crippen molar-refractivity contribution in [1.82, 2.24) is 19.7 Å². The molecular formula is C17H23FIN5O. The van der Waals surface area contributed by atoms with Gasteiger partial charge in [-0.15, -0.1) is 0 Å². The van der Waals surface area contributed by atoms with Gasteiger partial charge in [0.1, 0.15) is 11.7 Å². The van der Waals surface area contributed by atoms with Crippen LogP contribution in [0.5, 0.6) is 0 Å². The highest BCUT2D eigenvalue weighted by Gasteiger charge is 2.29. The number of alkyl halides is 1. The topological polar surface area (TPSA) is 56.1 Å². The molecule has 4 heterocycles. The molecule has 0 aliphatic carbocycles. The number of aryl methyl sites for hydroxylation is 1. The van der Waals surface area contributed by atoms with E-state index in [0.717, 1.165) is 65.2 Å². The molecule has 2 aliphatic heterocycles. The number of anilines is 1. The summed E-state index contributed by atoms with van der Waals surface area (Å²) in [7, 11) is 0. The number of halogens is 2. The molecule has 1 unspecified atom stereocenters. The Labute approximate surface area is 160 Å². The molecule has 2 aromatic heterocycles. The van der Waals surface area contributed by atoms with Crippen molar-refractivity contribution in [1.29, 1.82) is 0 Å². The number of rotatable bonds is 2. The van der Waals surface area contributed by atoms with Crippen LogP contribution in [0.2, 0.25) is 0 Å². The Morgan fingerprint density at radius 2 is 2.08 bits per heavy atom. The van der Waals surface area contributed by atoms with Crippen molar-refractivity contribution in [2.45, 2.75) is 51.9 Å². The first-order chi connectivity index (χ1) is 12.0. The minimum absolute atomic E-state index is 0.0834. The summed E-state index contributed by atoms with van der Waals surface area (Å²) in [5.41, 5.74) is 2.38. The lowest BCUT2D eigenvalue weighted by molar-refractivity contribution is -0.0372. The summed E-state index contributed by atoms with van der Waals surface area (Å²) in [5, 5.41) is 4.63. The van der Waals surface area contributed by atoms with Gasteiger partial charge in [-0.1, -0.05) is 6.92 Å². The first kappa shape index (κ1) is 17.4. The van der Waals surface area contributed by atoms with Gasteiger partial charge in [-0.3, -0.25) is 0 Å². The Morgan fingerprint density at radius 1 is 1.24 bits per heavy atom. The summed E-state index contributed by atoms with van der Waals surface area (Å²) in [5.74, 6) is 0.880. The first-order valence-electron chi connectivity index (χ1n) is 8.97. The highest BCUT2D eigenvalue weighted by Crippen LogP contribution is 2.31. The standard InChI is InChI=1S/C17H23FIN5O/c1-10-6-7-23(9-12(10)18)16-11(2)20-14-15(19)22-24(17(14)21-16)13-5-3-4-8-25-13/h10,12-13H,3-9H2,1-2H3/t10-,12+,13?/m0/s1. The fourth-order valence-corrected chi connectivity index (χ4v) is 4.21. The molecule has 2 fully saturated rings. The van der Waals surface area contributed by atoms with E-state index >= 15 is 0 Å². The van der Waals surface area contributed by atoms with Crippen molar-refractivity contribution in [2.75, 3.05) is 24.6 Å². The van der Waals surface area contributed by atoms with Crippen LogP contribution < -0.4 is 4.90 Å². The van der Waals surface area contributed by atoms with Crippen LogP contribution in [0, 0.1) is 16.5 Å². The minimum atomic E-state index is -0.822. The molecule has 0 N–H and O–H groups in total. The van der Waals surface area contributed by atoms with E-state index in [0.29, 0.717) is 6.54 Å². The lowest BCUT2D eigenvalue weighted by atomic mass is 9.97. The Hall–Kier alpha value is -1.03. The monoisotopic (exact) mass is 459 g/mol. The van der Waals surface area contributed by atoms with Crippen molar-refractivity contribution in [3.8, 4) is 0 Å². The summed E-state index contributed by atoms with van der Waals surface area (Å²) < 4.78 is 22.8. The third-order valence-corrected chi connectivity index (χ3v) is 5.96. The Morgan fingerprint density at radius 3 is 2.80 bits per heavy atom. The van der Waals surface area contributed by atoms with Crippen molar-refractivity contribution >= 4 is 39.6 Å². The van der Waals surface area contributed by atoms with Gasteiger partial charge in [-0.05, 0) is 61.1 Å². The number of hydrogen-bond acceptors (Lipinski definition) is 5. The molecule has 2 aliphatic rings. The third kappa shape index (κ3) is 3.22. The first-order valence-corrected chi connectivity index (χ1v) is 10.1. The third-order valence-electron chi connectivity index (χ3n) is 5.23. The van der Waals surface area contributed by atoms with Gasteiger partial charge in [-0.2, -0.15) is 5.10 Å². The zero-order valence-electron chi connectivity index (χ0n) is 14.6. The van der Waals surface area contributed by atoms with Crippen molar-refractivity contribution in [2.24, 2.45) is 5.92 Å². The molecule has 0 bridgehead atoms. The van der Waals surface area contributed by atoms with Crippen LogP contribution in [0.3, 0.4) is 0 Å². The van der Waals surface area contributed by atoms with Gasteiger partial charge in [0.25, 0.3) is 0 Å². The summed E-state index contributed by atoms with van der Waals surface area (Å²) in [6.45, 7) is 5.86. The maximum Gasteiger partial charge on any atom is 0.182 e. The van der Waals surface area contributed by atoms with Crippen molar-refractivity contribution in [3.05, 3.63) is 9.39 Å². The molecule has 6 nitrogen and oxygen atoms in total. The molecule has 2 aromatic rings. The zero-order valence-corrected chi connectivity index (χ0v) is 16.7. The van der Waals surface area contributed by atoms with Crippen LogP contribution in [0.15, 0.2) is 0 Å². The second-order valence-electron chi connectivity index (χ2n) is 7.09. The van der Waals surface area contributed by atoms with Gasteiger partial charge in [-0.25, -0.2) is 19.0 Å². The highest BCUT2D eigenvalue weighted by molar-refractivity contribution is 14.1. The largest absolute Gasteiger partial charge is 0.356 e. The number of ether oxygens (including phenoxy) is 1. The van der Waals surface area contributed by atoms with Gasteiger partial charge in [0.15, 0.2) is 21.4 Å². The van der Waals surface area contributed by atoms with Crippen LogP contribution >= 0.6 is 22.6 Å². The highest BCUT2D eigenvalue weighted by atomic mass is 127. The number of hydrogen-bond donors (Lipinski definition) is 0. The maximum absolute atomic E-state index is 14.2. The number of fused-ring (bicyclic) bond motifs is 1. The van der Waals surface area contributed by atoms with Gasteiger partial charge in [0.05, 0.1) is 12.2 Å². The number of aromatic nitrogens is 4. The van der Waals surface area contributed by atoms with Gasteiger partial charge in [0, 0.05) is 13.2 Å². The second kappa shape index (κ2) is 6.94. The van der Waals surface area contributed by atoms with Gasteiger partial charge < -0.3 is 9.64 Å². The summed E-state index contributed by atoms with van der Waals surface area (Å²) >= 11 is 2.20. The predicted octanol–water partition coefficient (Wildman–Crippen LogP) is 3.62. The predicted molar refractivity (Wildman–Crippen MR) is 103 cm³/mol. The van der Waals surface area contributed by atoms with Crippen LogP contribution in [0.1, 0.15) is 44.5 Å². The normalized spacial score (nSPS) is 27.8. The molecule has 25 heavy (non-hydrogen) atoms. The molecule has 136 valence electrons. The van der Waals surface area contributed by atoms with Crippen LogP contribution in [0.4, 0.5) is 10.2 Å². The molecule has 0 aromatic carbocycles. The Balaban J connectivity index is 1.74. The minimum Gasteiger partial charge on any atom is -0.356 e. The molecular weight excluding hydrogens is 436 g/mol. The van der Waals surface area contributed by atoms with Crippen LogP contribution in [-0.2, 0) is 4.74 Å². The van der Waals surface area contributed by atoms with Gasteiger partial charge in [0.2, 0.25) is 0 Å². The van der Waals surface area contributed by atoms with E-state index < -0.39 is 6.17 Å².